The van der Waals surface area contributed by atoms with Gasteiger partial charge in [-0.2, -0.15) is 0 Å². The molecule has 0 aliphatic heterocycles. The van der Waals surface area contributed by atoms with Crippen LogP contribution in [0.1, 0.15) is 62.3 Å². The van der Waals surface area contributed by atoms with Crippen LogP contribution in [0.5, 0.6) is 0 Å². The molecule has 0 fully saturated rings. The minimum Gasteiger partial charge on any atom is -0.296 e. The van der Waals surface area contributed by atoms with Gasteiger partial charge in [0.25, 0.3) is 0 Å². The van der Waals surface area contributed by atoms with Gasteiger partial charge >= 0.3 is 0 Å². The van der Waals surface area contributed by atoms with Crippen LogP contribution in [0.4, 0.5) is 0 Å². The number of hydrogen-bond acceptors (Lipinski definition) is 3. The summed E-state index contributed by atoms with van der Waals surface area (Å²) in [5, 5.41) is 2.08. The molecule has 0 saturated heterocycles. The summed E-state index contributed by atoms with van der Waals surface area (Å²) in [6, 6.07) is 8.57. The number of nitrogens with zero attached hydrogens (tertiary/aromatic N) is 2. The summed E-state index contributed by atoms with van der Waals surface area (Å²) in [7, 11) is 0. The highest BCUT2D eigenvalue weighted by atomic mass is 32.1. The zero-order valence-corrected chi connectivity index (χ0v) is 15.1. The van der Waals surface area contributed by atoms with Crippen molar-refractivity contribution in [1.29, 1.82) is 0 Å². The molecule has 0 atom stereocenters. The Morgan fingerprint density at radius 2 is 1.83 bits per heavy atom. The third kappa shape index (κ3) is 2.72. The molecular weight excluding hydrogens is 304 g/mol. The second kappa shape index (κ2) is 5.60. The molecule has 3 rings (SSSR count). The fraction of sp³-hybridized carbons (Fsp3) is 0.368. The summed E-state index contributed by atoms with van der Waals surface area (Å²) < 4.78 is 1.99. The molecule has 0 amide bonds. The molecule has 0 N–H and O–H groups in total. The standard InChI is InChI=1S/C19H22N2OS/c1-12(2)13-6-8-14(9-7-13)16-11-23-18-20-17(19(3,4)5)15(10-22)21(16)18/h6-12H,1-5H3. The maximum absolute atomic E-state index is 11.7. The van der Waals surface area contributed by atoms with E-state index in [0.29, 0.717) is 11.6 Å². The van der Waals surface area contributed by atoms with E-state index in [-0.39, 0.29) is 5.41 Å². The highest BCUT2D eigenvalue weighted by Crippen LogP contribution is 2.33. The molecule has 4 heteroatoms. The van der Waals surface area contributed by atoms with Crippen molar-refractivity contribution in [2.45, 2.75) is 46.0 Å². The smallest absolute Gasteiger partial charge is 0.195 e. The van der Waals surface area contributed by atoms with Crippen molar-refractivity contribution < 1.29 is 4.79 Å². The van der Waals surface area contributed by atoms with Gasteiger partial charge in [0.1, 0.15) is 5.69 Å². The van der Waals surface area contributed by atoms with Crippen LogP contribution in [-0.4, -0.2) is 15.7 Å². The first-order chi connectivity index (χ1) is 10.8. The average Bonchev–Trinajstić information content (AvgIpc) is 3.05. The van der Waals surface area contributed by atoms with Gasteiger partial charge in [-0.1, -0.05) is 58.9 Å². The van der Waals surface area contributed by atoms with Gasteiger partial charge in [-0.15, -0.1) is 11.3 Å². The molecule has 120 valence electrons. The van der Waals surface area contributed by atoms with Gasteiger partial charge in [0.05, 0.1) is 11.4 Å². The van der Waals surface area contributed by atoms with Crippen LogP contribution < -0.4 is 0 Å². The Bertz CT molecular complexity index is 848. The molecule has 0 spiro atoms. The molecule has 0 saturated carbocycles. The lowest BCUT2D eigenvalue weighted by molar-refractivity contribution is 0.111. The lowest BCUT2D eigenvalue weighted by Gasteiger charge is -2.16. The topological polar surface area (TPSA) is 34.4 Å². The van der Waals surface area contributed by atoms with Crippen LogP contribution in [0, 0.1) is 0 Å². The second-order valence-electron chi connectivity index (χ2n) is 7.23. The summed E-state index contributed by atoms with van der Waals surface area (Å²) >= 11 is 1.58. The van der Waals surface area contributed by atoms with Crippen LogP contribution >= 0.6 is 11.3 Å². The maximum Gasteiger partial charge on any atom is 0.195 e. The lowest BCUT2D eigenvalue weighted by Crippen LogP contribution is -2.14. The van der Waals surface area contributed by atoms with E-state index in [1.807, 2.05) is 4.40 Å². The number of rotatable bonds is 3. The predicted octanol–water partition coefficient (Wildman–Crippen LogP) is 5.30. The molecule has 2 aromatic heterocycles. The summed E-state index contributed by atoms with van der Waals surface area (Å²) in [5.74, 6) is 0.512. The largest absolute Gasteiger partial charge is 0.296 e. The molecule has 0 aliphatic carbocycles. The first-order valence-electron chi connectivity index (χ1n) is 7.89. The Hall–Kier alpha value is -1.94. The molecule has 0 radical (unpaired) electrons. The van der Waals surface area contributed by atoms with Crippen molar-refractivity contribution in [2.24, 2.45) is 0 Å². The number of thiazole rings is 1. The van der Waals surface area contributed by atoms with Gasteiger partial charge in [-0.3, -0.25) is 9.20 Å². The first-order valence-corrected chi connectivity index (χ1v) is 8.77. The molecule has 1 aromatic carbocycles. The molecule has 3 aromatic rings. The summed E-state index contributed by atoms with van der Waals surface area (Å²) in [6.45, 7) is 10.6. The molecular formula is C19H22N2OS. The second-order valence-corrected chi connectivity index (χ2v) is 8.07. The molecule has 0 unspecified atom stereocenters. The SMILES string of the molecule is CC(C)c1ccc(-c2csc3nc(C(C)(C)C)c(C=O)n23)cc1. The van der Waals surface area contributed by atoms with Crippen molar-refractivity contribution in [3.8, 4) is 11.3 Å². The van der Waals surface area contributed by atoms with Gasteiger partial charge in [0.15, 0.2) is 11.2 Å². The highest BCUT2D eigenvalue weighted by molar-refractivity contribution is 7.15. The van der Waals surface area contributed by atoms with Gasteiger partial charge < -0.3 is 0 Å². The van der Waals surface area contributed by atoms with E-state index in [2.05, 4.69) is 64.3 Å². The van der Waals surface area contributed by atoms with Crippen LogP contribution in [0.2, 0.25) is 0 Å². The lowest BCUT2D eigenvalue weighted by atomic mass is 9.91. The quantitative estimate of drug-likeness (QED) is 0.612. The van der Waals surface area contributed by atoms with Crippen molar-refractivity contribution in [1.82, 2.24) is 9.38 Å². The Balaban J connectivity index is 2.19. The fourth-order valence-corrected chi connectivity index (χ4v) is 3.69. The zero-order chi connectivity index (χ0) is 16.8. The molecule has 2 heterocycles. The van der Waals surface area contributed by atoms with Gasteiger partial charge in [-0.05, 0) is 17.0 Å². The number of carbonyl (C=O) groups is 1. The summed E-state index contributed by atoms with van der Waals surface area (Å²) in [4.78, 5) is 17.3. The van der Waals surface area contributed by atoms with Crippen molar-refractivity contribution >= 4 is 22.6 Å². The Morgan fingerprint density at radius 1 is 1.17 bits per heavy atom. The number of aldehydes is 1. The van der Waals surface area contributed by atoms with Crippen molar-refractivity contribution in [3.05, 3.63) is 46.6 Å². The van der Waals surface area contributed by atoms with Crippen molar-refractivity contribution in [3.63, 3.8) is 0 Å². The fourth-order valence-electron chi connectivity index (χ4n) is 2.78. The maximum atomic E-state index is 11.7. The van der Waals surface area contributed by atoms with E-state index < -0.39 is 0 Å². The minimum atomic E-state index is -0.152. The van der Waals surface area contributed by atoms with Gasteiger partial charge in [-0.25, -0.2) is 4.98 Å². The van der Waals surface area contributed by atoms with Gasteiger partial charge in [0, 0.05) is 10.8 Å². The van der Waals surface area contributed by atoms with E-state index in [9.17, 15) is 4.79 Å². The Kier molecular flexibility index (Phi) is 3.88. The predicted molar refractivity (Wildman–Crippen MR) is 96.7 cm³/mol. The third-order valence-corrected chi connectivity index (χ3v) is 4.92. The van der Waals surface area contributed by atoms with E-state index in [1.54, 1.807) is 11.3 Å². The van der Waals surface area contributed by atoms with Crippen LogP contribution in [0.15, 0.2) is 29.6 Å². The zero-order valence-electron chi connectivity index (χ0n) is 14.3. The van der Waals surface area contributed by atoms with Crippen LogP contribution in [-0.2, 0) is 5.41 Å². The third-order valence-electron chi connectivity index (χ3n) is 4.09. The monoisotopic (exact) mass is 326 g/mol. The number of fused-ring (bicyclic) bond motifs is 1. The minimum absolute atomic E-state index is 0.152. The van der Waals surface area contributed by atoms with E-state index in [4.69, 9.17) is 4.98 Å². The number of benzene rings is 1. The first kappa shape index (κ1) is 15.9. The molecule has 23 heavy (non-hydrogen) atoms. The van der Waals surface area contributed by atoms with Gasteiger partial charge in [0.2, 0.25) is 0 Å². The highest BCUT2D eigenvalue weighted by Gasteiger charge is 2.25. The molecule has 3 nitrogen and oxygen atoms in total. The van der Waals surface area contributed by atoms with E-state index >= 15 is 0 Å². The molecule has 0 aliphatic rings. The molecule has 0 bridgehead atoms. The number of aromatic nitrogens is 2. The average molecular weight is 326 g/mol. The Labute approximate surface area is 141 Å². The summed E-state index contributed by atoms with van der Waals surface area (Å²) in [6.07, 6.45) is 0.930. The van der Waals surface area contributed by atoms with Crippen molar-refractivity contribution in [2.75, 3.05) is 0 Å². The number of hydrogen-bond donors (Lipinski definition) is 0. The van der Waals surface area contributed by atoms with E-state index in [0.717, 1.165) is 28.2 Å². The number of imidazole rings is 1. The van der Waals surface area contributed by atoms with E-state index in [1.165, 1.54) is 5.56 Å². The summed E-state index contributed by atoms with van der Waals surface area (Å²) in [5.41, 5.74) is 4.83. The van der Waals surface area contributed by atoms with Crippen LogP contribution in [0.25, 0.3) is 16.2 Å². The Morgan fingerprint density at radius 3 is 2.35 bits per heavy atom. The normalized spacial score (nSPS) is 12.3. The number of carbonyl (C=O) groups excluding carboxylic acids is 1. The van der Waals surface area contributed by atoms with Crippen LogP contribution in [0.3, 0.4) is 0 Å².